The Morgan fingerprint density at radius 1 is 1.06 bits per heavy atom. The number of anilines is 1. The molecule has 0 bridgehead atoms. The van der Waals surface area contributed by atoms with Crippen LogP contribution in [-0.2, 0) is 11.3 Å². The average Bonchev–Trinajstić information content (AvgIpc) is 3.16. The molecule has 1 amide bonds. The molecule has 4 rings (SSSR count). The largest absolute Gasteiger partial charge is 0.497 e. The molecule has 2 N–H and O–H groups in total. The van der Waals surface area contributed by atoms with E-state index >= 15 is 0 Å². The minimum Gasteiger partial charge on any atom is -0.497 e. The van der Waals surface area contributed by atoms with Crippen molar-refractivity contribution in [2.75, 3.05) is 45.2 Å². The first-order chi connectivity index (χ1) is 15.0. The van der Waals surface area contributed by atoms with Gasteiger partial charge in [-0.3, -0.25) is 19.4 Å². The van der Waals surface area contributed by atoms with E-state index in [-0.39, 0.29) is 11.7 Å². The number of ether oxygens (including phenoxy) is 1. The first kappa shape index (κ1) is 21.0. The number of ketones is 1. The number of Topliss-reactive ketones (excluding diaryl/α,β-unsaturated/α-hetero) is 1. The van der Waals surface area contributed by atoms with Crippen molar-refractivity contribution in [1.29, 1.82) is 0 Å². The maximum absolute atomic E-state index is 12.4. The van der Waals surface area contributed by atoms with Crippen LogP contribution in [0.4, 0.5) is 5.69 Å². The summed E-state index contributed by atoms with van der Waals surface area (Å²) in [5.41, 5.74) is 3.25. The zero-order chi connectivity index (χ0) is 21.8. The normalized spacial score (nSPS) is 15.2. The summed E-state index contributed by atoms with van der Waals surface area (Å²) in [6.07, 6.45) is 0. The number of imidazole rings is 1. The molecule has 1 saturated heterocycles. The number of rotatable bonds is 7. The molecule has 0 aliphatic carbocycles. The summed E-state index contributed by atoms with van der Waals surface area (Å²) in [7, 11) is 1.66. The third-order valence-corrected chi connectivity index (χ3v) is 5.52. The highest BCUT2D eigenvalue weighted by molar-refractivity contribution is 5.96. The summed E-state index contributed by atoms with van der Waals surface area (Å²) in [4.78, 5) is 36.2. The van der Waals surface area contributed by atoms with Crippen molar-refractivity contribution < 1.29 is 14.3 Å². The van der Waals surface area contributed by atoms with Gasteiger partial charge in [0.25, 0.3) is 0 Å². The van der Waals surface area contributed by atoms with Crippen molar-refractivity contribution in [3.8, 4) is 5.75 Å². The standard InChI is InChI=1S/C23H27N5O3/c1-16(29)17-3-5-18(6-4-17)24-23(30)15-28-11-9-27(10-12-28)14-22-25-20-8-7-19(31-2)13-21(20)26-22/h3-8,13H,9-12,14-15H2,1-2H3,(H,24,30)(H,25,26). The predicted octanol–water partition coefficient (Wildman–Crippen LogP) is 2.53. The molecule has 1 aliphatic rings. The number of hydrogen-bond acceptors (Lipinski definition) is 6. The van der Waals surface area contributed by atoms with Gasteiger partial charge in [0, 0.05) is 43.5 Å². The number of methoxy groups -OCH3 is 1. The number of H-pyrrole nitrogens is 1. The van der Waals surface area contributed by atoms with E-state index in [1.807, 2.05) is 18.2 Å². The summed E-state index contributed by atoms with van der Waals surface area (Å²) in [6, 6.07) is 12.8. The Morgan fingerprint density at radius 3 is 2.45 bits per heavy atom. The molecule has 2 heterocycles. The first-order valence-corrected chi connectivity index (χ1v) is 10.4. The van der Waals surface area contributed by atoms with Crippen LogP contribution in [0.25, 0.3) is 11.0 Å². The monoisotopic (exact) mass is 421 g/mol. The number of benzene rings is 2. The molecule has 0 saturated carbocycles. The van der Waals surface area contributed by atoms with Gasteiger partial charge in [-0.25, -0.2) is 4.98 Å². The van der Waals surface area contributed by atoms with Crippen LogP contribution in [0, 0.1) is 0 Å². The van der Waals surface area contributed by atoms with Gasteiger partial charge >= 0.3 is 0 Å². The van der Waals surface area contributed by atoms with Crippen LogP contribution in [0.5, 0.6) is 5.75 Å². The van der Waals surface area contributed by atoms with Crippen LogP contribution in [0.3, 0.4) is 0 Å². The Labute approximate surface area is 181 Å². The Hall–Kier alpha value is -3.23. The van der Waals surface area contributed by atoms with Gasteiger partial charge in [-0.2, -0.15) is 0 Å². The van der Waals surface area contributed by atoms with E-state index in [1.54, 1.807) is 31.4 Å². The molecule has 8 heteroatoms. The lowest BCUT2D eigenvalue weighted by Crippen LogP contribution is -2.48. The SMILES string of the molecule is COc1ccc2nc(CN3CCN(CC(=O)Nc4ccc(C(C)=O)cc4)CC3)[nH]c2c1. The lowest BCUT2D eigenvalue weighted by molar-refractivity contribution is -0.117. The quantitative estimate of drug-likeness (QED) is 0.570. The molecule has 31 heavy (non-hydrogen) atoms. The molecular weight excluding hydrogens is 394 g/mol. The van der Waals surface area contributed by atoms with Crippen molar-refractivity contribution in [2.45, 2.75) is 13.5 Å². The Bertz CT molecular complexity index is 1070. The van der Waals surface area contributed by atoms with Crippen molar-refractivity contribution in [2.24, 2.45) is 0 Å². The van der Waals surface area contributed by atoms with E-state index in [4.69, 9.17) is 4.74 Å². The average molecular weight is 422 g/mol. The van der Waals surface area contributed by atoms with Gasteiger partial charge in [0.2, 0.25) is 5.91 Å². The van der Waals surface area contributed by atoms with E-state index in [0.717, 1.165) is 55.3 Å². The molecule has 1 fully saturated rings. The van der Waals surface area contributed by atoms with Crippen molar-refractivity contribution in [1.82, 2.24) is 19.8 Å². The highest BCUT2D eigenvalue weighted by Gasteiger charge is 2.20. The second kappa shape index (κ2) is 9.28. The van der Waals surface area contributed by atoms with Gasteiger partial charge in [0.15, 0.2) is 5.78 Å². The second-order valence-corrected chi connectivity index (χ2v) is 7.80. The maximum Gasteiger partial charge on any atom is 0.238 e. The zero-order valence-corrected chi connectivity index (χ0v) is 17.9. The number of carbonyl (C=O) groups is 2. The van der Waals surface area contributed by atoms with E-state index in [2.05, 4.69) is 25.1 Å². The van der Waals surface area contributed by atoms with Crippen molar-refractivity contribution in [3.05, 3.63) is 53.9 Å². The number of nitrogens with one attached hydrogen (secondary N) is 2. The fraction of sp³-hybridized carbons (Fsp3) is 0.348. The number of fused-ring (bicyclic) bond motifs is 1. The summed E-state index contributed by atoms with van der Waals surface area (Å²) in [6.45, 7) is 6.03. The van der Waals surface area contributed by atoms with Gasteiger partial charge in [-0.15, -0.1) is 0 Å². The van der Waals surface area contributed by atoms with Crippen LogP contribution >= 0.6 is 0 Å². The van der Waals surface area contributed by atoms with Crippen LogP contribution in [0.1, 0.15) is 23.1 Å². The summed E-state index contributed by atoms with van der Waals surface area (Å²) in [5.74, 6) is 1.71. The highest BCUT2D eigenvalue weighted by Crippen LogP contribution is 2.19. The fourth-order valence-corrected chi connectivity index (χ4v) is 3.75. The van der Waals surface area contributed by atoms with Crippen molar-refractivity contribution >= 4 is 28.4 Å². The van der Waals surface area contributed by atoms with E-state index in [9.17, 15) is 9.59 Å². The molecule has 1 aromatic heterocycles. The predicted molar refractivity (Wildman–Crippen MR) is 119 cm³/mol. The van der Waals surface area contributed by atoms with Crippen molar-refractivity contribution in [3.63, 3.8) is 0 Å². The molecular formula is C23H27N5O3. The topological polar surface area (TPSA) is 90.6 Å². The van der Waals surface area contributed by atoms with E-state index < -0.39 is 0 Å². The van der Waals surface area contributed by atoms with Crippen LogP contribution < -0.4 is 10.1 Å². The lowest BCUT2D eigenvalue weighted by Gasteiger charge is -2.33. The Balaban J connectivity index is 1.24. The molecule has 0 unspecified atom stereocenters. The van der Waals surface area contributed by atoms with Crippen LogP contribution in [-0.4, -0.2) is 71.3 Å². The second-order valence-electron chi connectivity index (χ2n) is 7.80. The summed E-state index contributed by atoms with van der Waals surface area (Å²) < 4.78 is 5.27. The van der Waals surface area contributed by atoms with E-state index in [1.165, 1.54) is 6.92 Å². The maximum atomic E-state index is 12.4. The summed E-state index contributed by atoms with van der Waals surface area (Å²) >= 11 is 0. The number of nitrogens with zero attached hydrogens (tertiary/aromatic N) is 3. The fourth-order valence-electron chi connectivity index (χ4n) is 3.75. The van der Waals surface area contributed by atoms with Gasteiger partial charge in [-0.1, -0.05) is 0 Å². The highest BCUT2D eigenvalue weighted by atomic mass is 16.5. The van der Waals surface area contributed by atoms with Crippen LogP contribution in [0.2, 0.25) is 0 Å². The smallest absolute Gasteiger partial charge is 0.238 e. The molecule has 3 aromatic rings. The van der Waals surface area contributed by atoms with Gasteiger partial charge < -0.3 is 15.0 Å². The molecule has 8 nitrogen and oxygen atoms in total. The summed E-state index contributed by atoms with van der Waals surface area (Å²) in [5, 5.41) is 2.90. The third-order valence-electron chi connectivity index (χ3n) is 5.52. The Kier molecular flexibility index (Phi) is 6.29. The minimum absolute atomic E-state index is 0.0121. The number of aromatic amines is 1. The minimum atomic E-state index is -0.0461. The molecule has 1 aliphatic heterocycles. The number of amides is 1. The first-order valence-electron chi connectivity index (χ1n) is 10.4. The molecule has 0 spiro atoms. The Morgan fingerprint density at radius 2 is 1.77 bits per heavy atom. The molecule has 2 aromatic carbocycles. The third kappa shape index (κ3) is 5.28. The van der Waals surface area contributed by atoms with Crippen LogP contribution in [0.15, 0.2) is 42.5 Å². The zero-order valence-electron chi connectivity index (χ0n) is 17.9. The van der Waals surface area contributed by atoms with E-state index in [0.29, 0.717) is 17.8 Å². The van der Waals surface area contributed by atoms with Gasteiger partial charge in [0.1, 0.15) is 11.6 Å². The molecule has 0 radical (unpaired) electrons. The molecule has 162 valence electrons. The van der Waals surface area contributed by atoms with Gasteiger partial charge in [0.05, 0.1) is 31.2 Å². The lowest BCUT2D eigenvalue weighted by atomic mass is 10.1. The number of aromatic nitrogens is 2. The number of hydrogen-bond donors (Lipinski definition) is 2. The molecule has 0 atom stereocenters. The van der Waals surface area contributed by atoms with Gasteiger partial charge in [-0.05, 0) is 43.3 Å². The number of carbonyl (C=O) groups excluding carboxylic acids is 2. The number of piperazine rings is 1.